The molecule has 106 valence electrons. The Morgan fingerprint density at radius 3 is 2.74 bits per heavy atom. The minimum Gasteiger partial charge on any atom is -0.385 e. The monoisotopic (exact) mass is 309 g/mol. The molecule has 1 aromatic carbocycles. The number of carbonyl (C=O) groups is 1. The van der Waals surface area contributed by atoms with Gasteiger partial charge in [0.15, 0.2) is 0 Å². The zero-order valence-corrected chi connectivity index (χ0v) is 11.7. The molecule has 0 atom stereocenters. The average Bonchev–Trinajstić information content (AvgIpc) is 2.34. The van der Waals surface area contributed by atoms with E-state index in [0.29, 0.717) is 13.0 Å². The van der Waals surface area contributed by atoms with Gasteiger partial charge in [-0.05, 0) is 36.2 Å². The van der Waals surface area contributed by atoms with Crippen molar-refractivity contribution < 1.29 is 22.3 Å². The molecular weight excluding hydrogens is 297 g/mol. The lowest BCUT2D eigenvalue weighted by Crippen LogP contribution is -2.26. The Morgan fingerprint density at radius 1 is 1.47 bits per heavy atom. The summed E-state index contributed by atoms with van der Waals surface area (Å²) in [4.78, 5) is 10.3. The van der Waals surface area contributed by atoms with E-state index in [0.717, 1.165) is 18.2 Å². The summed E-state index contributed by atoms with van der Waals surface area (Å²) in [5.74, 6) is -0.944. The van der Waals surface area contributed by atoms with Gasteiger partial charge in [0.1, 0.15) is 10.7 Å². The van der Waals surface area contributed by atoms with Crippen LogP contribution < -0.4 is 4.72 Å². The Balaban J connectivity index is 2.94. The van der Waals surface area contributed by atoms with Crippen LogP contribution in [0.1, 0.15) is 16.8 Å². The molecule has 8 heteroatoms. The Morgan fingerprint density at radius 2 is 2.16 bits per heavy atom. The second-order valence-corrected chi connectivity index (χ2v) is 5.74. The lowest BCUT2D eigenvalue weighted by atomic mass is 10.2. The van der Waals surface area contributed by atoms with Crippen molar-refractivity contribution in [2.75, 3.05) is 20.3 Å². The number of methoxy groups -OCH3 is 1. The fraction of sp³-hybridized carbons (Fsp3) is 0.364. The maximum absolute atomic E-state index is 13.5. The molecule has 19 heavy (non-hydrogen) atoms. The van der Waals surface area contributed by atoms with Crippen LogP contribution in [0.25, 0.3) is 0 Å². The standard InChI is InChI=1S/C11H13ClFNO4S/c1-18-6-2-5-14-19(16,17)10-7-8(11(12)15)3-4-9(10)13/h3-4,7,14H,2,5-6H2,1H3. The number of hydrogen-bond acceptors (Lipinski definition) is 4. The van der Waals surface area contributed by atoms with Crippen LogP contribution in [0, 0.1) is 5.82 Å². The van der Waals surface area contributed by atoms with E-state index in [4.69, 9.17) is 16.3 Å². The first kappa shape index (κ1) is 16.0. The van der Waals surface area contributed by atoms with Crippen LogP contribution in [0.5, 0.6) is 0 Å². The number of halogens is 2. The molecule has 0 aromatic heterocycles. The fourth-order valence-corrected chi connectivity index (χ4v) is 2.63. The minimum absolute atomic E-state index is 0.0830. The van der Waals surface area contributed by atoms with Crippen molar-refractivity contribution in [1.29, 1.82) is 0 Å². The molecule has 0 heterocycles. The van der Waals surface area contributed by atoms with Crippen molar-refractivity contribution >= 4 is 26.9 Å². The number of benzene rings is 1. The highest BCUT2D eigenvalue weighted by molar-refractivity contribution is 7.89. The van der Waals surface area contributed by atoms with Gasteiger partial charge in [0.25, 0.3) is 5.24 Å². The summed E-state index contributed by atoms with van der Waals surface area (Å²) in [6.45, 7) is 0.486. The van der Waals surface area contributed by atoms with E-state index in [1.807, 2.05) is 0 Å². The van der Waals surface area contributed by atoms with Gasteiger partial charge in [-0.25, -0.2) is 17.5 Å². The molecule has 0 unspecified atom stereocenters. The summed E-state index contributed by atoms with van der Waals surface area (Å²) in [5.41, 5.74) is -0.0830. The highest BCUT2D eigenvalue weighted by Gasteiger charge is 2.20. The Labute approximate surface area is 115 Å². The Bertz CT molecular complexity index is 562. The molecule has 1 N–H and O–H groups in total. The molecule has 1 aromatic rings. The second kappa shape index (κ2) is 6.95. The largest absolute Gasteiger partial charge is 0.385 e. The lowest BCUT2D eigenvalue weighted by Gasteiger charge is -2.08. The van der Waals surface area contributed by atoms with Crippen molar-refractivity contribution in [2.45, 2.75) is 11.3 Å². The zero-order chi connectivity index (χ0) is 14.5. The molecule has 0 bridgehead atoms. The molecule has 0 saturated carbocycles. The molecule has 0 spiro atoms. The van der Waals surface area contributed by atoms with Gasteiger partial charge < -0.3 is 4.74 Å². The van der Waals surface area contributed by atoms with E-state index >= 15 is 0 Å². The summed E-state index contributed by atoms with van der Waals surface area (Å²) in [7, 11) is -2.53. The zero-order valence-electron chi connectivity index (χ0n) is 10.2. The molecule has 0 fully saturated rings. The van der Waals surface area contributed by atoms with Crippen LogP contribution in [0.15, 0.2) is 23.1 Å². The summed E-state index contributed by atoms with van der Waals surface area (Å²) in [5, 5.41) is -0.851. The topological polar surface area (TPSA) is 72.5 Å². The fourth-order valence-electron chi connectivity index (χ4n) is 1.33. The van der Waals surface area contributed by atoms with Gasteiger partial charge in [-0.1, -0.05) is 0 Å². The van der Waals surface area contributed by atoms with Gasteiger partial charge >= 0.3 is 0 Å². The first-order chi connectivity index (χ1) is 8.88. The molecular formula is C11H13ClFNO4S. The summed E-state index contributed by atoms with van der Waals surface area (Å²) in [6, 6.07) is 2.91. The number of carbonyl (C=O) groups excluding carboxylic acids is 1. The first-order valence-corrected chi connectivity index (χ1v) is 7.22. The van der Waals surface area contributed by atoms with Crippen LogP contribution in [0.3, 0.4) is 0 Å². The maximum Gasteiger partial charge on any atom is 0.252 e. The summed E-state index contributed by atoms with van der Waals surface area (Å²) < 4.78 is 44.2. The van der Waals surface area contributed by atoms with Crippen LogP contribution in [-0.2, 0) is 14.8 Å². The predicted molar refractivity (Wildman–Crippen MR) is 68.3 cm³/mol. The lowest BCUT2D eigenvalue weighted by molar-refractivity contribution is 0.108. The smallest absolute Gasteiger partial charge is 0.252 e. The molecule has 0 saturated heterocycles. The van der Waals surface area contributed by atoms with E-state index in [-0.39, 0.29) is 12.1 Å². The van der Waals surface area contributed by atoms with Crippen molar-refractivity contribution in [2.24, 2.45) is 0 Å². The highest BCUT2D eigenvalue weighted by atomic mass is 35.5. The average molecular weight is 310 g/mol. The quantitative estimate of drug-likeness (QED) is 0.612. The van der Waals surface area contributed by atoms with E-state index in [1.165, 1.54) is 7.11 Å². The van der Waals surface area contributed by atoms with E-state index in [9.17, 15) is 17.6 Å². The molecule has 0 amide bonds. The van der Waals surface area contributed by atoms with Crippen molar-refractivity contribution in [3.05, 3.63) is 29.6 Å². The third-order valence-corrected chi connectivity index (χ3v) is 3.96. The number of rotatable bonds is 7. The summed E-state index contributed by atoms with van der Waals surface area (Å²) in [6.07, 6.45) is 0.450. The van der Waals surface area contributed by atoms with E-state index in [2.05, 4.69) is 4.72 Å². The highest BCUT2D eigenvalue weighted by Crippen LogP contribution is 2.17. The van der Waals surface area contributed by atoms with Crippen LogP contribution in [0.2, 0.25) is 0 Å². The van der Waals surface area contributed by atoms with Crippen molar-refractivity contribution in [3.8, 4) is 0 Å². The third-order valence-electron chi connectivity index (χ3n) is 2.27. The normalized spacial score (nSPS) is 11.5. The van der Waals surface area contributed by atoms with Crippen LogP contribution in [0.4, 0.5) is 4.39 Å². The minimum atomic E-state index is -4.02. The third kappa shape index (κ3) is 4.54. The van der Waals surface area contributed by atoms with Crippen molar-refractivity contribution in [1.82, 2.24) is 4.72 Å². The Kier molecular flexibility index (Phi) is 5.86. The summed E-state index contributed by atoms with van der Waals surface area (Å²) >= 11 is 5.23. The molecule has 0 aliphatic rings. The van der Waals surface area contributed by atoms with E-state index < -0.39 is 26.0 Å². The molecule has 0 aliphatic carbocycles. The van der Waals surface area contributed by atoms with Gasteiger partial charge in [0.05, 0.1) is 0 Å². The van der Waals surface area contributed by atoms with Crippen LogP contribution in [-0.4, -0.2) is 33.9 Å². The first-order valence-electron chi connectivity index (χ1n) is 5.36. The molecule has 1 rings (SSSR count). The van der Waals surface area contributed by atoms with Gasteiger partial charge in [-0.2, -0.15) is 0 Å². The molecule has 5 nitrogen and oxygen atoms in total. The maximum atomic E-state index is 13.5. The van der Waals surface area contributed by atoms with Gasteiger partial charge in [0, 0.05) is 25.8 Å². The number of sulfonamides is 1. The molecule has 0 aliphatic heterocycles. The number of hydrogen-bond donors (Lipinski definition) is 1. The Hall–Kier alpha value is -1.02. The van der Waals surface area contributed by atoms with E-state index in [1.54, 1.807) is 0 Å². The predicted octanol–water partition coefficient (Wildman–Crippen LogP) is 1.52. The number of ether oxygens (including phenoxy) is 1. The van der Waals surface area contributed by atoms with Gasteiger partial charge in [-0.3, -0.25) is 4.79 Å². The van der Waals surface area contributed by atoms with Crippen LogP contribution >= 0.6 is 11.6 Å². The molecule has 0 radical (unpaired) electrons. The van der Waals surface area contributed by atoms with Crippen molar-refractivity contribution in [3.63, 3.8) is 0 Å². The second-order valence-electron chi connectivity index (χ2n) is 3.66. The number of nitrogens with one attached hydrogen (secondary N) is 1. The van der Waals surface area contributed by atoms with Gasteiger partial charge in [0.2, 0.25) is 10.0 Å². The van der Waals surface area contributed by atoms with Gasteiger partial charge in [-0.15, -0.1) is 0 Å². The SMILES string of the molecule is COCCCNS(=O)(=O)c1cc(C(=O)Cl)ccc1F.